The molecule has 26 heavy (non-hydrogen) atoms. The van der Waals surface area contributed by atoms with Gasteiger partial charge >= 0.3 is 0 Å². The van der Waals surface area contributed by atoms with Crippen molar-refractivity contribution in [2.45, 2.75) is 26.4 Å². The number of rotatable bonds is 6. The predicted octanol–water partition coefficient (Wildman–Crippen LogP) is 3.79. The second-order valence-electron chi connectivity index (χ2n) is 9.44. The zero-order valence-electron chi connectivity index (χ0n) is 18.6. The Hall–Kier alpha value is 0.440. The Morgan fingerprint density at radius 3 is 1.85 bits per heavy atom. The highest BCUT2D eigenvalue weighted by Gasteiger charge is 2.31. The Morgan fingerprint density at radius 2 is 1.42 bits per heavy atom. The third-order valence-corrected chi connectivity index (χ3v) is 6.79. The van der Waals surface area contributed by atoms with Gasteiger partial charge in [0.2, 0.25) is 0 Å². The van der Waals surface area contributed by atoms with Gasteiger partial charge in [-0.05, 0) is 79.2 Å². The summed E-state index contributed by atoms with van der Waals surface area (Å²) in [6, 6.07) is 0. The zero-order chi connectivity index (χ0) is 20.1. The molecule has 0 spiro atoms. The molecule has 4 atom stereocenters. The fraction of sp³-hybridized carbons (Fsp3) is 0.900. The van der Waals surface area contributed by atoms with Crippen LogP contribution in [0.3, 0.4) is 0 Å². The van der Waals surface area contributed by atoms with Gasteiger partial charge in [0.05, 0.1) is 12.7 Å². The maximum absolute atomic E-state index is 6.03. The van der Waals surface area contributed by atoms with Gasteiger partial charge in [-0.25, -0.2) is 0 Å². The van der Waals surface area contributed by atoms with Crippen LogP contribution in [0, 0.1) is 17.8 Å². The molecule has 0 aromatic carbocycles. The predicted molar refractivity (Wildman–Crippen MR) is 124 cm³/mol. The first-order valence-electron chi connectivity index (χ1n) is 9.87. The normalized spacial score (nSPS) is 31.1. The highest BCUT2D eigenvalue weighted by Crippen LogP contribution is 2.41. The van der Waals surface area contributed by atoms with Gasteiger partial charge in [-0.3, -0.25) is 0 Å². The van der Waals surface area contributed by atoms with Gasteiger partial charge in [-0.1, -0.05) is 26.4 Å². The molecule has 0 bridgehead atoms. The molecule has 0 aliphatic carbocycles. The van der Waals surface area contributed by atoms with Crippen LogP contribution in [0.1, 0.15) is 20.3 Å². The van der Waals surface area contributed by atoms with Crippen LogP contribution >= 0.6 is 14.2 Å². The number of hydrogen-bond acceptors (Lipinski definition) is 4. The summed E-state index contributed by atoms with van der Waals surface area (Å²) >= 11 is 0. The molecule has 0 amide bonds. The topological polar surface area (TPSA) is 24.9 Å². The van der Waals surface area contributed by atoms with Gasteiger partial charge in [0, 0.05) is 26.2 Å². The molecule has 0 aromatic heterocycles. The van der Waals surface area contributed by atoms with Gasteiger partial charge in [0.15, 0.2) is 0 Å². The average Bonchev–Trinajstić information content (AvgIpc) is 2.96. The second-order valence-corrected chi connectivity index (χ2v) is 16.2. The van der Waals surface area contributed by atoms with E-state index in [2.05, 4.69) is 77.0 Å². The molecule has 2 aliphatic rings. The van der Waals surface area contributed by atoms with Crippen molar-refractivity contribution in [1.29, 1.82) is 0 Å². The molecule has 2 aliphatic heterocycles. The van der Waals surface area contributed by atoms with Crippen LogP contribution in [0.5, 0.6) is 0 Å². The Labute approximate surface area is 163 Å². The number of hydrogen-bond donors (Lipinski definition) is 0. The van der Waals surface area contributed by atoms with Crippen LogP contribution in [0.15, 0.2) is 0 Å². The second kappa shape index (κ2) is 10.3. The van der Waals surface area contributed by atoms with Crippen molar-refractivity contribution in [2.75, 3.05) is 73.5 Å². The molecule has 2 saturated heterocycles. The Balaban J connectivity index is 0.000000260. The molecule has 156 valence electrons. The van der Waals surface area contributed by atoms with Gasteiger partial charge in [-0.2, -0.15) is 0 Å². The standard InChI is InChI=1S/2C10H22NOP/c1-9-6-11(2)7-10(9)8-12-13(3,4)5;1-6-9-7-11(2)8-10(9)12-13(3,4)5/h2*9-10H,3,6-8H2,1-2,4-5H3. The molecule has 2 fully saturated rings. The summed E-state index contributed by atoms with van der Waals surface area (Å²) in [6.07, 6.45) is 9.79. The molecule has 0 radical (unpaired) electrons. The van der Waals surface area contributed by atoms with Crippen LogP contribution < -0.4 is 0 Å². The highest BCUT2D eigenvalue weighted by atomic mass is 31.2. The Bertz CT molecular complexity index is 514. The molecular weight excluding hydrogens is 362 g/mol. The summed E-state index contributed by atoms with van der Waals surface area (Å²) in [4.78, 5) is 4.74. The zero-order valence-corrected chi connectivity index (χ0v) is 20.4. The summed E-state index contributed by atoms with van der Waals surface area (Å²) in [5, 5.41) is 0. The molecule has 2 heterocycles. The van der Waals surface area contributed by atoms with Crippen molar-refractivity contribution in [2.24, 2.45) is 17.8 Å². The minimum Gasteiger partial charge on any atom is -0.362 e. The SMILES string of the molecule is C=P(C)(C)OC1CN(C)CC1CC.C=P(C)(C)OCC1CN(C)CC1C. The molecule has 0 aromatic rings. The Morgan fingerprint density at radius 1 is 0.885 bits per heavy atom. The molecule has 0 N–H and O–H groups in total. The van der Waals surface area contributed by atoms with Crippen LogP contribution in [0.4, 0.5) is 0 Å². The Kier molecular flexibility index (Phi) is 9.68. The van der Waals surface area contributed by atoms with Crippen molar-refractivity contribution >= 4 is 26.8 Å². The number of likely N-dealkylation sites (N-methyl/N-ethyl adjacent to an activating group) is 1. The van der Waals surface area contributed by atoms with Crippen molar-refractivity contribution in [1.82, 2.24) is 9.80 Å². The van der Waals surface area contributed by atoms with Crippen LogP contribution in [-0.2, 0) is 9.05 Å². The summed E-state index contributed by atoms with van der Waals surface area (Å²) < 4.78 is 11.8. The van der Waals surface area contributed by atoms with Crippen LogP contribution in [0.25, 0.3) is 0 Å². The molecule has 2 rings (SSSR count). The lowest BCUT2D eigenvalue weighted by molar-refractivity contribution is 0.188. The summed E-state index contributed by atoms with van der Waals surface area (Å²) in [5.74, 6) is 2.20. The van der Waals surface area contributed by atoms with E-state index in [0.717, 1.165) is 19.1 Å². The molecule has 4 unspecified atom stereocenters. The van der Waals surface area contributed by atoms with Crippen LogP contribution in [-0.4, -0.2) is 102 Å². The fourth-order valence-corrected chi connectivity index (χ4v) is 5.30. The monoisotopic (exact) mass is 406 g/mol. The molecule has 6 heteroatoms. The highest BCUT2D eigenvalue weighted by molar-refractivity contribution is 7.67. The van der Waals surface area contributed by atoms with Crippen LogP contribution in [0.2, 0.25) is 0 Å². The lowest BCUT2D eigenvalue weighted by Crippen LogP contribution is -2.21. The largest absolute Gasteiger partial charge is 0.362 e. The van der Waals surface area contributed by atoms with Gasteiger partial charge in [-0.15, -0.1) is 0 Å². The summed E-state index contributed by atoms with van der Waals surface area (Å²) in [5.41, 5.74) is 0. The van der Waals surface area contributed by atoms with E-state index in [0.29, 0.717) is 17.9 Å². The van der Waals surface area contributed by atoms with Crippen molar-refractivity contribution in [3.8, 4) is 0 Å². The lowest BCUT2D eigenvalue weighted by Gasteiger charge is -2.23. The average molecular weight is 407 g/mol. The minimum absolute atomic E-state index is 0.427. The maximum atomic E-state index is 6.03. The number of nitrogens with zero attached hydrogens (tertiary/aromatic N) is 2. The first-order valence-corrected chi connectivity index (χ1v) is 15.4. The first kappa shape index (κ1) is 24.5. The smallest absolute Gasteiger partial charge is 0.0782 e. The fourth-order valence-electron chi connectivity index (χ4n) is 3.74. The first-order chi connectivity index (χ1) is 11.8. The summed E-state index contributed by atoms with van der Waals surface area (Å²) in [7, 11) is 1.75. The number of likely N-dealkylation sites (tertiary alicyclic amines) is 2. The van der Waals surface area contributed by atoms with E-state index in [1.165, 1.54) is 26.1 Å². The molecule has 4 nitrogen and oxygen atoms in total. The summed E-state index contributed by atoms with van der Waals surface area (Å²) in [6.45, 7) is 18.6. The lowest BCUT2D eigenvalue weighted by atomic mass is 10.00. The maximum Gasteiger partial charge on any atom is 0.0782 e. The van der Waals surface area contributed by atoms with E-state index >= 15 is 0 Å². The van der Waals surface area contributed by atoms with E-state index in [1.54, 1.807) is 0 Å². The van der Waals surface area contributed by atoms with Crippen molar-refractivity contribution in [3.63, 3.8) is 0 Å². The van der Waals surface area contributed by atoms with Crippen molar-refractivity contribution < 1.29 is 9.05 Å². The van der Waals surface area contributed by atoms with E-state index in [-0.39, 0.29) is 0 Å². The van der Waals surface area contributed by atoms with Crippen molar-refractivity contribution in [3.05, 3.63) is 0 Å². The van der Waals surface area contributed by atoms with E-state index in [4.69, 9.17) is 9.05 Å². The quantitative estimate of drug-likeness (QED) is 0.627. The third kappa shape index (κ3) is 9.58. The molecule has 0 saturated carbocycles. The van der Waals surface area contributed by atoms with Gasteiger partial charge < -0.3 is 18.8 Å². The van der Waals surface area contributed by atoms with E-state index < -0.39 is 14.2 Å². The van der Waals surface area contributed by atoms with E-state index in [1.807, 2.05) is 0 Å². The van der Waals surface area contributed by atoms with Gasteiger partial charge in [0.25, 0.3) is 0 Å². The third-order valence-electron chi connectivity index (χ3n) is 5.10. The van der Waals surface area contributed by atoms with E-state index in [9.17, 15) is 0 Å². The van der Waals surface area contributed by atoms with Gasteiger partial charge in [0.1, 0.15) is 0 Å². The minimum atomic E-state index is -1.32. The molecular formula is C20H44N2O2P2.